The van der Waals surface area contributed by atoms with Crippen LogP contribution in [0.4, 0.5) is 5.82 Å². The molecule has 0 atom stereocenters. The number of nitrogens with zero attached hydrogens (tertiary/aromatic N) is 3. The molecule has 1 aliphatic carbocycles. The summed E-state index contributed by atoms with van der Waals surface area (Å²) in [5.41, 5.74) is 7.00. The molecule has 24 heavy (non-hydrogen) atoms. The summed E-state index contributed by atoms with van der Waals surface area (Å²) in [6, 6.07) is 2.39. The molecule has 1 saturated carbocycles. The second-order valence-corrected chi connectivity index (χ2v) is 6.69. The van der Waals surface area contributed by atoms with E-state index in [9.17, 15) is 0 Å². The maximum atomic E-state index is 5.91. The fraction of sp³-hybridized carbons (Fsp3) is 0.765. The van der Waals surface area contributed by atoms with Crippen LogP contribution in [0.1, 0.15) is 36.7 Å². The quantitative estimate of drug-likeness (QED) is 0.684. The van der Waals surface area contributed by atoms with E-state index in [1.54, 1.807) is 7.11 Å². The number of hydrogen-bond acceptors (Lipinski definition) is 7. The summed E-state index contributed by atoms with van der Waals surface area (Å²) in [5.74, 6) is 2.10. The van der Waals surface area contributed by atoms with E-state index in [0.29, 0.717) is 18.6 Å². The highest BCUT2D eigenvalue weighted by molar-refractivity contribution is 5.37. The molecule has 0 bridgehead atoms. The van der Waals surface area contributed by atoms with Crippen molar-refractivity contribution < 1.29 is 9.47 Å². The van der Waals surface area contributed by atoms with E-state index in [-0.39, 0.29) is 0 Å². The first-order valence-corrected chi connectivity index (χ1v) is 8.91. The lowest BCUT2D eigenvalue weighted by Crippen LogP contribution is -2.37. The number of anilines is 1. The van der Waals surface area contributed by atoms with Crippen molar-refractivity contribution in [3.05, 3.63) is 17.6 Å². The van der Waals surface area contributed by atoms with Crippen molar-refractivity contribution in [1.82, 2.24) is 14.9 Å². The van der Waals surface area contributed by atoms with Crippen molar-refractivity contribution in [2.45, 2.75) is 37.8 Å². The van der Waals surface area contributed by atoms with Gasteiger partial charge in [-0.25, -0.2) is 9.97 Å². The third-order valence-corrected chi connectivity index (χ3v) is 4.72. The van der Waals surface area contributed by atoms with Crippen LogP contribution >= 0.6 is 0 Å². The monoisotopic (exact) mass is 335 g/mol. The molecule has 1 saturated heterocycles. The largest absolute Gasteiger partial charge is 0.379 e. The third-order valence-electron chi connectivity index (χ3n) is 4.72. The highest BCUT2D eigenvalue weighted by Crippen LogP contribution is 2.35. The van der Waals surface area contributed by atoms with Crippen molar-refractivity contribution in [1.29, 1.82) is 0 Å². The number of nitrogens with one attached hydrogen (secondary N) is 1. The number of morpholine rings is 1. The summed E-state index contributed by atoms with van der Waals surface area (Å²) in [4.78, 5) is 11.6. The topological polar surface area (TPSA) is 85.5 Å². The van der Waals surface area contributed by atoms with Gasteiger partial charge >= 0.3 is 0 Å². The molecule has 134 valence electrons. The van der Waals surface area contributed by atoms with Gasteiger partial charge in [0.05, 0.1) is 13.2 Å². The van der Waals surface area contributed by atoms with Gasteiger partial charge in [-0.2, -0.15) is 0 Å². The van der Waals surface area contributed by atoms with Crippen LogP contribution in [0.25, 0.3) is 0 Å². The Morgan fingerprint density at radius 1 is 1.33 bits per heavy atom. The van der Waals surface area contributed by atoms with Crippen LogP contribution in [-0.2, 0) is 16.1 Å². The van der Waals surface area contributed by atoms with Crippen molar-refractivity contribution in [2.24, 2.45) is 5.73 Å². The van der Waals surface area contributed by atoms with Crippen LogP contribution in [0, 0.1) is 0 Å². The van der Waals surface area contributed by atoms with E-state index in [0.717, 1.165) is 76.0 Å². The number of ether oxygens (including phenoxy) is 2. The molecule has 2 heterocycles. The fourth-order valence-electron chi connectivity index (χ4n) is 3.26. The van der Waals surface area contributed by atoms with Gasteiger partial charge in [-0.15, -0.1) is 0 Å². The molecular formula is C17H29N5O2. The van der Waals surface area contributed by atoms with Crippen LogP contribution < -0.4 is 11.1 Å². The molecule has 0 radical (unpaired) electrons. The Hall–Kier alpha value is -1.28. The summed E-state index contributed by atoms with van der Waals surface area (Å²) in [6.45, 7) is 6.23. The second-order valence-electron chi connectivity index (χ2n) is 6.69. The minimum Gasteiger partial charge on any atom is -0.379 e. The zero-order valence-corrected chi connectivity index (χ0v) is 14.5. The minimum atomic E-state index is 0.320. The van der Waals surface area contributed by atoms with E-state index >= 15 is 0 Å². The summed E-state index contributed by atoms with van der Waals surface area (Å²) in [7, 11) is 1.67. The van der Waals surface area contributed by atoms with Crippen LogP contribution in [0.5, 0.6) is 0 Å². The Kier molecular flexibility index (Phi) is 6.37. The molecule has 0 unspecified atom stereocenters. The molecule has 0 aromatic carbocycles. The molecule has 3 rings (SSSR count). The molecule has 7 nitrogen and oxygen atoms in total. The van der Waals surface area contributed by atoms with E-state index in [1.807, 2.05) is 0 Å². The first kappa shape index (κ1) is 17.5. The number of hydrogen-bond donors (Lipinski definition) is 2. The Morgan fingerprint density at radius 2 is 2.12 bits per heavy atom. The molecule has 1 aromatic heterocycles. The smallest absolute Gasteiger partial charge is 0.156 e. The van der Waals surface area contributed by atoms with E-state index in [1.165, 1.54) is 0 Å². The Labute approximate surface area is 143 Å². The summed E-state index contributed by atoms with van der Waals surface area (Å²) >= 11 is 0. The van der Waals surface area contributed by atoms with Gasteiger partial charge in [-0.3, -0.25) is 4.90 Å². The van der Waals surface area contributed by atoms with Crippen molar-refractivity contribution in [2.75, 3.05) is 51.8 Å². The van der Waals surface area contributed by atoms with Crippen molar-refractivity contribution in [3.63, 3.8) is 0 Å². The molecular weight excluding hydrogens is 306 g/mol. The molecule has 2 fully saturated rings. The standard InChI is InChI=1S/C17H29N5O2/c1-23-12-17-20-15(13-9-14(18)10-13)11-16(21-17)19-3-2-4-22-5-7-24-8-6-22/h11,13-14H,2-10,12,18H2,1H3,(H,19,20,21). The van der Waals surface area contributed by atoms with Gasteiger partial charge in [0, 0.05) is 50.5 Å². The molecule has 7 heteroatoms. The SMILES string of the molecule is COCc1nc(NCCCN2CCOCC2)cc(C2CC(N)C2)n1. The van der Waals surface area contributed by atoms with Crippen LogP contribution in [0.15, 0.2) is 6.07 Å². The van der Waals surface area contributed by atoms with Gasteiger partial charge in [0.2, 0.25) is 0 Å². The maximum absolute atomic E-state index is 5.91. The summed E-state index contributed by atoms with van der Waals surface area (Å²) in [5, 5.41) is 3.44. The van der Waals surface area contributed by atoms with Crippen LogP contribution in [0.2, 0.25) is 0 Å². The average Bonchev–Trinajstić information content (AvgIpc) is 2.57. The maximum Gasteiger partial charge on any atom is 0.156 e. The predicted octanol–water partition coefficient (Wildman–Crippen LogP) is 0.962. The van der Waals surface area contributed by atoms with Crippen molar-refractivity contribution >= 4 is 5.82 Å². The number of nitrogens with two attached hydrogens (primary N) is 1. The summed E-state index contributed by atoms with van der Waals surface area (Å²) < 4.78 is 10.6. The zero-order valence-electron chi connectivity index (χ0n) is 14.5. The Bertz CT molecular complexity index is 516. The van der Waals surface area contributed by atoms with Crippen LogP contribution in [-0.4, -0.2) is 67.4 Å². The lowest BCUT2D eigenvalue weighted by molar-refractivity contribution is 0.0378. The first-order valence-electron chi connectivity index (χ1n) is 8.91. The lowest BCUT2D eigenvalue weighted by Gasteiger charge is -2.32. The highest BCUT2D eigenvalue weighted by atomic mass is 16.5. The first-order chi connectivity index (χ1) is 11.7. The van der Waals surface area contributed by atoms with Gasteiger partial charge < -0.3 is 20.5 Å². The minimum absolute atomic E-state index is 0.320. The van der Waals surface area contributed by atoms with Crippen LogP contribution in [0.3, 0.4) is 0 Å². The fourth-order valence-corrected chi connectivity index (χ4v) is 3.26. The van der Waals surface area contributed by atoms with Gasteiger partial charge in [0.25, 0.3) is 0 Å². The van der Waals surface area contributed by atoms with Gasteiger partial charge in [-0.05, 0) is 25.8 Å². The third kappa shape index (κ3) is 4.86. The molecule has 0 spiro atoms. The van der Waals surface area contributed by atoms with E-state index in [4.69, 9.17) is 15.2 Å². The molecule has 2 aliphatic rings. The van der Waals surface area contributed by atoms with Crippen molar-refractivity contribution in [3.8, 4) is 0 Å². The number of rotatable bonds is 8. The lowest BCUT2D eigenvalue weighted by atomic mass is 9.78. The van der Waals surface area contributed by atoms with E-state index in [2.05, 4.69) is 26.3 Å². The molecule has 0 amide bonds. The predicted molar refractivity (Wildman–Crippen MR) is 93.1 cm³/mol. The zero-order chi connectivity index (χ0) is 16.8. The average molecular weight is 335 g/mol. The van der Waals surface area contributed by atoms with Gasteiger partial charge in [0.15, 0.2) is 5.82 Å². The van der Waals surface area contributed by atoms with Gasteiger partial charge in [0.1, 0.15) is 12.4 Å². The molecule has 1 aliphatic heterocycles. The van der Waals surface area contributed by atoms with Gasteiger partial charge in [-0.1, -0.05) is 0 Å². The molecule has 3 N–H and O–H groups in total. The molecule has 1 aromatic rings. The normalized spacial score (nSPS) is 24.6. The Morgan fingerprint density at radius 3 is 2.83 bits per heavy atom. The number of aromatic nitrogens is 2. The Balaban J connectivity index is 1.51. The summed E-state index contributed by atoms with van der Waals surface area (Å²) in [6.07, 6.45) is 3.12. The van der Waals surface area contributed by atoms with E-state index < -0.39 is 0 Å². The number of methoxy groups -OCH3 is 1. The second kappa shape index (κ2) is 8.71. The highest BCUT2D eigenvalue weighted by Gasteiger charge is 2.29.